The van der Waals surface area contributed by atoms with Gasteiger partial charge in [-0.15, -0.1) is 0 Å². The number of hydrogen-bond acceptors (Lipinski definition) is 4. The molecule has 0 aliphatic rings. The molecule has 0 aromatic heterocycles. The van der Waals surface area contributed by atoms with E-state index in [2.05, 4.69) is 25.4 Å². The molecule has 0 saturated heterocycles. The Morgan fingerprint density at radius 3 is 2.08 bits per heavy atom. The predicted octanol–water partition coefficient (Wildman–Crippen LogP) is 1.12. The molecule has 5 heteroatoms. The number of carbonyl (C=O) groups is 2. The van der Waals surface area contributed by atoms with Crippen LogP contribution in [0.1, 0.15) is 13.3 Å². The normalized spacial score (nSPS) is 14.5. The first kappa shape index (κ1) is 12.4. The van der Waals surface area contributed by atoms with E-state index in [1.165, 1.54) is 14.2 Å². The second-order valence-electron chi connectivity index (χ2n) is 2.65. The number of ether oxygens (including phenoxy) is 2. The zero-order chi connectivity index (χ0) is 10.4. The highest BCUT2D eigenvalue weighted by molar-refractivity contribution is 9.10. The largest absolute Gasteiger partial charge is 0.469 e. The average molecular weight is 253 g/mol. The van der Waals surface area contributed by atoms with Gasteiger partial charge in [0, 0.05) is 0 Å². The Hall–Kier alpha value is -0.580. The number of hydrogen-bond donors (Lipinski definition) is 0. The molecular formula is C8H13BrO4. The highest BCUT2D eigenvalue weighted by Gasteiger charge is 2.22. The molecule has 13 heavy (non-hydrogen) atoms. The van der Waals surface area contributed by atoms with Gasteiger partial charge in [0.2, 0.25) is 0 Å². The van der Waals surface area contributed by atoms with Crippen LogP contribution in [0.5, 0.6) is 0 Å². The van der Waals surface area contributed by atoms with Crippen molar-refractivity contribution in [1.29, 1.82) is 0 Å². The summed E-state index contributed by atoms with van der Waals surface area (Å²) >= 11 is 3.12. The van der Waals surface area contributed by atoms with E-state index in [1.807, 2.05) is 0 Å². The smallest absolute Gasteiger partial charge is 0.319 e. The molecule has 0 N–H and O–H groups in total. The van der Waals surface area contributed by atoms with E-state index < -0.39 is 4.83 Å². The SMILES string of the molecule is COC(=O)[C@H](C)C[C@H](Br)C(=O)OC. The van der Waals surface area contributed by atoms with Crippen molar-refractivity contribution in [3.8, 4) is 0 Å². The number of carbonyl (C=O) groups excluding carboxylic acids is 2. The lowest BCUT2D eigenvalue weighted by atomic mass is 10.1. The highest BCUT2D eigenvalue weighted by atomic mass is 79.9. The summed E-state index contributed by atoms with van der Waals surface area (Å²) in [6, 6.07) is 0. The van der Waals surface area contributed by atoms with Gasteiger partial charge in [0.1, 0.15) is 4.83 Å². The molecule has 2 atom stereocenters. The molecule has 0 aromatic carbocycles. The monoisotopic (exact) mass is 252 g/mol. The molecule has 0 aromatic rings. The van der Waals surface area contributed by atoms with Gasteiger partial charge in [-0.05, 0) is 6.42 Å². The van der Waals surface area contributed by atoms with Crippen molar-refractivity contribution >= 4 is 27.9 Å². The summed E-state index contributed by atoms with van der Waals surface area (Å²) in [6.45, 7) is 1.70. The van der Waals surface area contributed by atoms with Gasteiger partial charge in [-0.25, -0.2) is 0 Å². The molecule has 0 aliphatic carbocycles. The van der Waals surface area contributed by atoms with Crippen LogP contribution >= 0.6 is 15.9 Å². The molecule has 0 unspecified atom stereocenters. The van der Waals surface area contributed by atoms with Gasteiger partial charge in [0.05, 0.1) is 20.1 Å². The summed E-state index contributed by atoms with van der Waals surface area (Å²) in [6.07, 6.45) is 0.374. The molecule has 0 bridgehead atoms. The van der Waals surface area contributed by atoms with Crippen molar-refractivity contribution in [2.75, 3.05) is 14.2 Å². The fraction of sp³-hybridized carbons (Fsp3) is 0.750. The summed E-state index contributed by atoms with van der Waals surface area (Å²) in [4.78, 5) is 21.4. The highest BCUT2D eigenvalue weighted by Crippen LogP contribution is 2.15. The lowest BCUT2D eigenvalue weighted by molar-refractivity contribution is -0.145. The standard InChI is InChI=1S/C8H13BrO4/c1-5(7(10)12-2)4-6(9)8(11)13-3/h5-6H,4H2,1-3H3/t5-,6+/m1/s1. The Bertz CT molecular complexity index is 173. The summed E-state index contributed by atoms with van der Waals surface area (Å²) in [7, 11) is 2.62. The van der Waals surface area contributed by atoms with Gasteiger partial charge in [0.25, 0.3) is 0 Å². The Kier molecular flexibility index (Phi) is 5.70. The Balaban J connectivity index is 3.98. The van der Waals surface area contributed by atoms with Crippen molar-refractivity contribution in [2.45, 2.75) is 18.2 Å². The average Bonchev–Trinajstić information content (AvgIpc) is 2.14. The minimum atomic E-state index is -0.452. The number of esters is 2. The van der Waals surface area contributed by atoms with Crippen molar-refractivity contribution in [1.82, 2.24) is 0 Å². The zero-order valence-electron chi connectivity index (χ0n) is 7.87. The molecule has 0 radical (unpaired) electrons. The van der Waals surface area contributed by atoms with E-state index in [0.717, 1.165) is 0 Å². The molecule has 0 aliphatic heterocycles. The quantitative estimate of drug-likeness (QED) is 0.556. The van der Waals surface area contributed by atoms with Gasteiger partial charge < -0.3 is 9.47 Å². The van der Waals surface area contributed by atoms with E-state index in [9.17, 15) is 9.59 Å². The van der Waals surface area contributed by atoms with Crippen LogP contribution < -0.4 is 0 Å². The van der Waals surface area contributed by atoms with Gasteiger partial charge in [-0.1, -0.05) is 22.9 Å². The van der Waals surface area contributed by atoms with Crippen LogP contribution in [0, 0.1) is 5.92 Å². The van der Waals surface area contributed by atoms with Crippen LogP contribution in [0.2, 0.25) is 0 Å². The number of rotatable bonds is 4. The lowest BCUT2D eigenvalue weighted by Crippen LogP contribution is -2.23. The van der Waals surface area contributed by atoms with E-state index >= 15 is 0 Å². The number of alkyl halides is 1. The molecule has 0 spiro atoms. The van der Waals surface area contributed by atoms with E-state index in [4.69, 9.17) is 0 Å². The first-order valence-electron chi connectivity index (χ1n) is 3.82. The van der Waals surface area contributed by atoms with Crippen LogP contribution in [0.3, 0.4) is 0 Å². The first-order chi connectivity index (χ1) is 6.02. The third-order valence-electron chi connectivity index (χ3n) is 1.62. The van der Waals surface area contributed by atoms with Crippen molar-refractivity contribution in [3.05, 3.63) is 0 Å². The molecule has 0 amide bonds. The number of halogens is 1. The summed E-state index contributed by atoms with van der Waals surface area (Å²) in [5.41, 5.74) is 0. The maximum absolute atomic E-state index is 11.0. The van der Waals surface area contributed by atoms with E-state index in [1.54, 1.807) is 6.92 Å². The van der Waals surface area contributed by atoms with Gasteiger partial charge in [0.15, 0.2) is 0 Å². The maximum Gasteiger partial charge on any atom is 0.319 e. The molecule has 0 rings (SSSR count). The van der Waals surface area contributed by atoms with Crippen LogP contribution in [-0.4, -0.2) is 31.0 Å². The van der Waals surface area contributed by atoms with Gasteiger partial charge in [-0.2, -0.15) is 0 Å². The second kappa shape index (κ2) is 5.96. The molecule has 76 valence electrons. The van der Waals surface area contributed by atoms with Crippen LogP contribution in [0.25, 0.3) is 0 Å². The summed E-state index contributed by atoms with van der Waals surface area (Å²) in [5.74, 6) is -1.02. The van der Waals surface area contributed by atoms with Crippen molar-refractivity contribution in [3.63, 3.8) is 0 Å². The Labute approximate surface area is 85.7 Å². The third kappa shape index (κ3) is 4.26. The Morgan fingerprint density at radius 2 is 1.69 bits per heavy atom. The van der Waals surface area contributed by atoms with Crippen LogP contribution in [0.4, 0.5) is 0 Å². The molecular weight excluding hydrogens is 240 g/mol. The molecule has 0 saturated carbocycles. The van der Waals surface area contributed by atoms with Crippen molar-refractivity contribution in [2.24, 2.45) is 5.92 Å². The maximum atomic E-state index is 11.0. The van der Waals surface area contributed by atoms with Gasteiger partial charge >= 0.3 is 11.9 Å². The first-order valence-corrected chi connectivity index (χ1v) is 4.74. The van der Waals surface area contributed by atoms with E-state index in [-0.39, 0.29) is 17.9 Å². The number of methoxy groups -OCH3 is 2. The van der Waals surface area contributed by atoms with Crippen LogP contribution in [-0.2, 0) is 19.1 Å². The van der Waals surface area contributed by atoms with Gasteiger partial charge in [-0.3, -0.25) is 9.59 Å². The van der Waals surface area contributed by atoms with Crippen LogP contribution in [0.15, 0.2) is 0 Å². The minimum absolute atomic E-state index is 0.312. The fourth-order valence-corrected chi connectivity index (χ4v) is 1.58. The third-order valence-corrected chi connectivity index (χ3v) is 2.37. The molecule has 4 nitrogen and oxygen atoms in total. The summed E-state index contributed by atoms with van der Waals surface area (Å²) < 4.78 is 9.00. The fourth-order valence-electron chi connectivity index (χ4n) is 0.832. The topological polar surface area (TPSA) is 52.6 Å². The predicted molar refractivity (Wildman–Crippen MR) is 50.5 cm³/mol. The zero-order valence-corrected chi connectivity index (χ0v) is 9.46. The Morgan fingerprint density at radius 1 is 1.23 bits per heavy atom. The minimum Gasteiger partial charge on any atom is -0.469 e. The van der Waals surface area contributed by atoms with E-state index in [0.29, 0.717) is 6.42 Å². The summed E-state index contributed by atoms with van der Waals surface area (Å²) in [5, 5.41) is 0. The molecule has 0 fully saturated rings. The lowest BCUT2D eigenvalue weighted by Gasteiger charge is -2.11. The second-order valence-corrected chi connectivity index (χ2v) is 3.76. The van der Waals surface area contributed by atoms with Crippen molar-refractivity contribution < 1.29 is 19.1 Å². The molecule has 0 heterocycles.